The summed E-state index contributed by atoms with van der Waals surface area (Å²) in [7, 11) is 0. The molecule has 0 atom stereocenters. The molecule has 1 aromatic heterocycles. The maximum Gasteiger partial charge on any atom is 0.195 e. The minimum absolute atomic E-state index is 0.0406. The van der Waals surface area contributed by atoms with Gasteiger partial charge >= 0.3 is 0 Å². The number of carbonyl (C=O) groups excluding carboxylic acids is 1. The zero-order valence-corrected chi connectivity index (χ0v) is 14.9. The van der Waals surface area contributed by atoms with Crippen LogP contribution in [-0.4, -0.2) is 10.8 Å². The summed E-state index contributed by atoms with van der Waals surface area (Å²) in [5.74, 6) is 0.0406. The van der Waals surface area contributed by atoms with Gasteiger partial charge in [-0.2, -0.15) is 0 Å². The fourth-order valence-corrected chi connectivity index (χ4v) is 3.21. The number of carbonyl (C=O) groups is 1. The molecule has 25 heavy (non-hydrogen) atoms. The van der Waals surface area contributed by atoms with E-state index in [1.807, 2.05) is 36.4 Å². The van der Waals surface area contributed by atoms with E-state index in [9.17, 15) is 4.79 Å². The van der Waals surface area contributed by atoms with Crippen LogP contribution >= 0.6 is 0 Å². The number of hydrogen-bond donors (Lipinski definition) is 0. The summed E-state index contributed by atoms with van der Waals surface area (Å²) >= 11 is 0. The van der Waals surface area contributed by atoms with Crippen LogP contribution in [-0.2, 0) is 6.42 Å². The lowest BCUT2D eigenvalue weighted by atomic mass is 9.98. The van der Waals surface area contributed by atoms with Gasteiger partial charge in [-0.25, -0.2) is 0 Å². The Morgan fingerprint density at radius 3 is 2.44 bits per heavy atom. The smallest absolute Gasteiger partial charge is 0.195 e. The fourth-order valence-electron chi connectivity index (χ4n) is 3.21. The molecule has 3 rings (SSSR count). The summed E-state index contributed by atoms with van der Waals surface area (Å²) in [6, 6.07) is 16.0. The van der Waals surface area contributed by atoms with Crippen LogP contribution < -0.4 is 0 Å². The first-order valence-electron chi connectivity index (χ1n) is 9.26. The molecule has 2 aromatic carbocycles. The topological polar surface area (TPSA) is 30.0 Å². The van der Waals surface area contributed by atoms with E-state index in [0.29, 0.717) is 5.56 Å². The number of aromatic nitrogens is 1. The molecule has 0 bridgehead atoms. The predicted molar refractivity (Wildman–Crippen MR) is 104 cm³/mol. The normalized spacial score (nSPS) is 10.9. The minimum atomic E-state index is 0.0406. The van der Waals surface area contributed by atoms with E-state index in [1.54, 1.807) is 12.4 Å². The van der Waals surface area contributed by atoms with Crippen molar-refractivity contribution in [1.29, 1.82) is 0 Å². The Morgan fingerprint density at radius 1 is 0.880 bits per heavy atom. The third kappa shape index (κ3) is 4.33. The first-order chi connectivity index (χ1) is 12.3. The number of ketones is 1. The first kappa shape index (κ1) is 17.3. The molecule has 2 heteroatoms. The van der Waals surface area contributed by atoms with Crippen LogP contribution in [0.25, 0.3) is 10.8 Å². The number of fused-ring (bicyclic) bond motifs is 1. The Hall–Kier alpha value is -2.48. The van der Waals surface area contributed by atoms with Gasteiger partial charge in [0.2, 0.25) is 0 Å². The van der Waals surface area contributed by atoms with Crippen LogP contribution in [0.5, 0.6) is 0 Å². The predicted octanol–water partition coefficient (Wildman–Crippen LogP) is 5.98. The van der Waals surface area contributed by atoms with Crippen LogP contribution in [0.1, 0.15) is 60.5 Å². The van der Waals surface area contributed by atoms with E-state index in [4.69, 9.17) is 0 Å². The minimum Gasteiger partial charge on any atom is -0.289 e. The number of rotatable bonds is 8. The van der Waals surface area contributed by atoms with Gasteiger partial charge in [-0.3, -0.25) is 9.78 Å². The van der Waals surface area contributed by atoms with E-state index >= 15 is 0 Å². The van der Waals surface area contributed by atoms with Gasteiger partial charge in [0.05, 0.1) is 0 Å². The lowest BCUT2D eigenvalue weighted by Gasteiger charge is -2.07. The summed E-state index contributed by atoms with van der Waals surface area (Å²) in [4.78, 5) is 17.1. The van der Waals surface area contributed by atoms with Crippen molar-refractivity contribution >= 4 is 16.6 Å². The van der Waals surface area contributed by atoms with Gasteiger partial charge < -0.3 is 0 Å². The number of unbranched alkanes of at least 4 members (excludes halogenated alkanes) is 4. The highest BCUT2D eigenvalue weighted by atomic mass is 16.1. The number of pyridine rings is 1. The van der Waals surface area contributed by atoms with Crippen LogP contribution in [0.15, 0.2) is 60.9 Å². The molecule has 0 fully saturated rings. The van der Waals surface area contributed by atoms with Gasteiger partial charge in [-0.1, -0.05) is 81.1 Å². The highest BCUT2D eigenvalue weighted by molar-refractivity contribution is 6.16. The van der Waals surface area contributed by atoms with Crippen molar-refractivity contribution in [3.05, 3.63) is 77.6 Å². The van der Waals surface area contributed by atoms with Crippen LogP contribution in [0.4, 0.5) is 0 Å². The van der Waals surface area contributed by atoms with Gasteiger partial charge in [-0.05, 0) is 23.8 Å². The summed E-state index contributed by atoms with van der Waals surface area (Å²) in [6.45, 7) is 2.24. The molecule has 0 aliphatic heterocycles. The molecule has 0 N–H and O–H groups in total. The zero-order valence-electron chi connectivity index (χ0n) is 14.9. The summed E-state index contributed by atoms with van der Waals surface area (Å²) in [5, 5.41) is 1.96. The number of aryl methyl sites for hydroxylation is 1. The molecule has 0 aliphatic rings. The largest absolute Gasteiger partial charge is 0.289 e. The molecule has 0 saturated carbocycles. The molecule has 0 saturated heterocycles. The van der Waals surface area contributed by atoms with Crippen molar-refractivity contribution in [3.63, 3.8) is 0 Å². The van der Waals surface area contributed by atoms with Crippen molar-refractivity contribution in [1.82, 2.24) is 4.98 Å². The third-order valence-corrected chi connectivity index (χ3v) is 4.70. The van der Waals surface area contributed by atoms with Crippen LogP contribution in [0.3, 0.4) is 0 Å². The van der Waals surface area contributed by atoms with Gasteiger partial charge in [0, 0.05) is 28.9 Å². The van der Waals surface area contributed by atoms with Gasteiger partial charge in [0.15, 0.2) is 5.78 Å². The first-order valence-corrected chi connectivity index (χ1v) is 9.26. The van der Waals surface area contributed by atoms with Gasteiger partial charge in [-0.15, -0.1) is 0 Å². The standard InChI is InChI=1S/C23H25NO/c1-2-3-4-5-6-9-18-12-14-19(15-13-18)23(25)22-17-24-16-20-10-7-8-11-21(20)22/h7-8,10-17H,2-6,9H2,1H3. The van der Waals surface area contributed by atoms with E-state index in [1.165, 1.54) is 37.7 Å². The molecule has 1 heterocycles. The highest BCUT2D eigenvalue weighted by Gasteiger charge is 2.12. The molecular weight excluding hydrogens is 306 g/mol. The number of hydrogen-bond acceptors (Lipinski definition) is 2. The SMILES string of the molecule is CCCCCCCc1ccc(C(=O)c2cncc3ccccc23)cc1. The molecule has 3 aromatic rings. The Morgan fingerprint density at radius 2 is 1.64 bits per heavy atom. The summed E-state index contributed by atoms with van der Waals surface area (Å²) in [5.41, 5.74) is 2.71. The maximum atomic E-state index is 12.9. The average molecular weight is 331 g/mol. The van der Waals surface area contributed by atoms with Crippen molar-refractivity contribution in [2.75, 3.05) is 0 Å². The lowest BCUT2D eigenvalue weighted by molar-refractivity contribution is 0.104. The van der Waals surface area contributed by atoms with Gasteiger partial charge in [0.25, 0.3) is 0 Å². The van der Waals surface area contributed by atoms with E-state index in [0.717, 1.165) is 22.8 Å². The van der Waals surface area contributed by atoms with Crippen molar-refractivity contribution in [2.45, 2.75) is 45.4 Å². The molecular formula is C23H25NO. The quantitative estimate of drug-likeness (QED) is 0.375. The summed E-state index contributed by atoms with van der Waals surface area (Å²) < 4.78 is 0. The van der Waals surface area contributed by atoms with Crippen LogP contribution in [0, 0.1) is 0 Å². The molecule has 0 spiro atoms. The van der Waals surface area contributed by atoms with Crippen molar-refractivity contribution in [3.8, 4) is 0 Å². The van der Waals surface area contributed by atoms with Crippen LogP contribution in [0.2, 0.25) is 0 Å². The Bertz CT molecular complexity index is 831. The second kappa shape index (κ2) is 8.57. The summed E-state index contributed by atoms with van der Waals surface area (Å²) in [6.07, 6.45) is 11.0. The van der Waals surface area contributed by atoms with E-state index in [-0.39, 0.29) is 5.78 Å². The van der Waals surface area contributed by atoms with Gasteiger partial charge in [0.1, 0.15) is 0 Å². The Kier molecular flexibility index (Phi) is 5.95. The van der Waals surface area contributed by atoms with Crippen molar-refractivity contribution in [2.24, 2.45) is 0 Å². The van der Waals surface area contributed by atoms with Crippen molar-refractivity contribution < 1.29 is 4.79 Å². The second-order valence-corrected chi connectivity index (χ2v) is 6.60. The third-order valence-electron chi connectivity index (χ3n) is 4.70. The molecule has 2 nitrogen and oxygen atoms in total. The van der Waals surface area contributed by atoms with E-state index in [2.05, 4.69) is 24.0 Å². The molecule has 128 valence electrons. The molecule has 0 radical (unpaired) electrons. The Balaban J connectivity index is 1.70. The highest BCUT2D eigenvalue weighted by Crippen LogP contribution is 2.20. The monoisotopic (exact) mass is 331 g/mol. The molecule has 0 aliphatic carbocycles. The molecule has 0 amide bonds. The average Bonchev–Trinajstić information content (AvgIpc) is 2.67. The maximum absolute atomic E-state index is 12.9. The fraction of sp³-hybridized carbons (Fsp3) is 0.304. The lowest BCUT2D eigenvalue weighted by Crippen LogP contribution is -2.03. The Labute approximate surface area is 149 Å². The number of nitrogens with zero attached hydrogens (tertiary/aromatic N) is 1. The number of benzene rings is 2. The molecule has 0 unspecified atom stereocenters. The zero-order chi connectivity index (χ0) is 17.5. The second-order valence-electron chi connectivity index (χ2n) is 6.60. The van der Waals surface area contributed by atoms with E-state index < -0.39 is 0 Å².